The highest BCUT2D eigenvalue weighted by molar-refractivity contribution is 7.11. The molecule has 24 heavy (non-hydrogen) atoms. The number of hydrogen-bond acceptors (Lipinski definition) is 7. The normalized spacial score (nSPS) is 20.9. The van der Waals surface area contributed by atoms with Gasteiger partial charge >= 0.3 is 0 Å². The molecule has 1 amide bonds. The number of rotatable bonds is 4. The van der Waals surface area contributed by atoms with Gasteiger partial charge < -0.3 is 14.9 Å². The van der Waals surface area contributed by atoms with E-state index >= 15 is 0 Å². The molecule has 3 rings (SSSR count). The van der Waals surface area contributed by atoms with Crippen LogP contribution < -0.4 is 4.90 Å². The molecule has 128 valence electrons. The summed E-state index contributed by atoms with van der Waals surface area (Å²) in [5, 5.41) is 11.0. The number of hydrogen-bond donors (Lipinski definition) is 1. The highest BCUT2D eigenvalue weighted by atomic mass is 32.1. The molecule has 0 bridgehead atoms. The molecule has 2 aromatic heterocycles. The number of carbonyl (C=O) groups is 1. The van der Waals surface area contributed by atoms with Gasteiger partial charge in [0.05, 0.1) is 23.9 Å². The van der Waals surface area contributed by atoms with E-state index in [1.165, 1.54) is 17.7 Å². The second-order valence-electron chi connectivity index (χ2n) is 6.29. The number of aliphatic hydroxyl groups is 1. The Kier molecular flexibility index (Phi) is 4.77. The lowest BCUT2D eigenvalue weighted by Gasteiger charge is -2.41. The minimum Gasteiger partial charge on any atom is -0.386 e. The fourth-order valence-electron chi connectivity index (χ4n) is 3.07. The molecule has 0 saturated carbocycles. The Hall–Kier alpha value is -2.06. The molecule has 2 aromatic rings. The van der Waals surface area contributed by atoms with Crippen LogP contribution in [0.3, 0.4) is 0 Å². The van der Waals surface area contributed by atoms with Crippen molar-refractivity contribution in [2.24, 2.45) is 0 Å². The number of amides is 1. The van der Waals surface area contributed by atoms with E-state index in [-0.39, 0.29) is 12.5 Å². The molecular weight excluding hydrogens is 326 g/mol. The SMILES string of the molecule is Cc1cc(N2CCCC(O)(CN(C)C(=O)c3cncs3)C2)ncn1. The van der Waals surface area contributed by atoms with Crippen LogP contribution in [0, 0.1) is 6.92 Å². The van der Waals surface area contributed by atoms with Gasteiger partial charge in [-0.1, -0.05) is 0 Å². The Morgan fingerprint density at radius 3 is 3.04 bits per heavy atom. The van der Waals surface area contributed by atoms with Gasteiger partial charge in [-0.25, -0.2) is 9.97 Å². The molecule has 1 saturated heterocycles. The van der Waals surface area contributed by atoms with Crippen LogP contribution in [0.2, 0.25) is 0 Å². The Bertz CT molecular complexity index is 708. The number of aromatic nitrogens is 3. The summed E-state index contributed by atoms with van der Waals surface area (Å²) in [6.07, 6.45) is 4.61. The van der Waals surface area contributed by atoms with Gasteiger partial charge in [0, 0.05) is 31.9 Å². The summed E-state index contributed by atoms with van der Waals surface area (Å²) < 4.78 is 0. The van der Waals surface area contributed by atoms with Crippen molar-refractivity contribution in [2.45, 2.75) is 25.4 Å². The number of piperidine rings is 1. The largest absolute Gasteiger partial charge is 0.386 e. The average Bonchev–Trinajstić information content (AvgIpc) is 3.08. The molecule has 1 unspecified atom stereocenters. The molecule has 0 spiro atoms. The summed E-state index contributed by atoms with van der Waals surface area (Å²) in [6, 6.07) is 1.91. The van der Waals surface area contributed by atoms with E-state index in [1.54, 1.807) is 23.7 Å². The average molecular weight is 347 g/mol. The van der Waals surface area contributed by atoms with Crippen molar-refractivity contribution < 1.29 is 9.90 Å². The number of aryl methyl sites for hydroxylation is 1. The van der Waals surface area contributed by atoms with Crippen LogP contribution in [0.5, 0.6) is 0 Å². The van der Waals surface area contributed by atoms with E-state index in [0.29, 0.717) is 17.8 Å². The molecule has 0 radical (unpaired) electrons. The zero-order chi connectivity index (χ0) is 17.2. The predicted octanol–water partition coefficient (Wildman–Crippen LogP) is 1.35. The molecule has 1 aliphatic heterocycles. The number of anilines is 1. The second kappa shape index (κ2) is 6.82. The van der Waals surface area contributed by atoms with Gasteiger partial charge in [0.15, 0.2) is 0 Å². The number of carbonyl (C=O) groups excluding carboxylic acids is 1. The van der Waals surface area contributed by atoms with Crippen molar-refractivity contribution in [2.75, 3.05) is 31.6 Å². The highest BCUT2D eigenvalue weighted by Gasteiger charge is 2.36. The van der Waals surface area contributed by atoms with Crippen LogP contribution in [0.25, 0.3) is 0 Å². The lowest BCUT2D eigenvalue weighted by atomic mass is 9.92. The Morgan fingerprint density at radius 2 is 2.33 bits per heavy atom. The minimum atomic E-state index is -0.952. The van der Waals surface area contributed by atoms with Crippen LogP contribution in [-0.2, 0) is 0 Å². The van der Waals surface area contributed by atoms with Crippen molar-refractivity contribution in [3.8, 4) is 0 Å². The molecular formula is C16H21N5O2S. The summed E-state index contributed by atoms with van der Waals surface area (Å²) in [5.41, 5.74) is 1.58. The molecule has 0 aliphatic carbocycles. The first kappa shape index (κ1) is 16.8. The third-order valence-corrected chi connectivity index (χ3v) is 4.95. The molecule has 7 nitrogen and oxygen atoms in total. The number of nitrogens with zero attached hydrogens (tertiary/aromatic N) is 5. The van der Waals surface area contributed by atoms with Gasteiger partial charge in [-0.2, -0.15) is 0 Å². The summed E-state index contributed by atoms with van der Waals surface area (Å²) in [6.45, 7) is 3.49. The van der Waals surface area contributed by atoms with E-state index in [9.17, 15) is 9.90 Å². The van der Waals surface area contributed by atoms with E-state index in [4.69, 9.17) is 0 Å². The molecule has 8 heteroatoms. The first-order valence-corrected chi connectivity index (χ1v) is 8.75. The standard InChI is InChI=1S/C16H21N5O2S/c1-12-6-14(19-10-18-12)21-5-3-4-16(23,9-21)8-20(2)15(22)13-7-17-11-24-13/h6-7,10-11,23H,3-5,8-9H2,1-2H3. The van der Waals surface area contributed by atoms with Gasteiger partial charge in [0.1, 0.15) is 17.0 Å². The first-order chi connectivity index (χ1) is 11.5. The Morgan fingerprint density at radius 1 is 1.50 bits per heavy atom. The zero-order valence-corrected chi connectivity index (χ0v) is 14.7. The van der Waals surface area contributed by atoms with Crippen molar-refractivity contribution in [1.29, 1.82) is 0 Å². The van der Waals surface area contributed by atoms with E-state index in [0.717, 1.165) is 24.5 Å². The number of thiazole rings is 1. The summed E-state index contributed by atoms with van der Waals surface area (Å²) in [7, 11) is 1.72. The van der Waals surface area contributed by atoms with Crippen molar-refractivity contribution in [1.82, 2.24) is 19.9 Å². The van der Waals surface area contributed by atoms with Crippen LogP contribution >= 0.6 is 11.3 Å². The third kappa shape index (κ3) is 3.70. The smallest absolute Gasteiger partial charge is 0.265 e. The quantitative estimate of drug-likeness (QED) is 0.899. The summed E-state index contributed by atoms with van der Waals surface area (Å²) >= 11 is 1.31. The molecule has 1 atom stereocenters. The fraction of sp³-hybridized carbons (Fsp3) is 0.500. The Balaban J connectivity index is 1.69. The fourth-order valence-corrected chi connectivity index (χ4v) is 3.69. The van der Waals surface area contributed by atoms with Gasteiger partial charge in [-0.3, -0.25) is 9.78 Å². The van der Waals surface area contributed by atoms with E-state index < -0.39 is 5.60 Å². The highest BCUT2D eigenvalue weighted by Crippen LogP contribution is 2.26. The second-order valence-corrected chi connectivity index (χ2v) is 7.18. The maximum Gasteiger partial charge on any atom is 0.265 e. The van der Waals surface area contributed by atoms with Crippen LogP contribution in [-0.4, -0.2) is 63.1 Å². The lowest BCUT2D eigenvalue weighted by Crippen LogP contribution is -2.54. The van der Waals surface area contributed by atoms with Crippen LogP contribution in [0.1, 0.15) is 28.2 Å². The topological polar surface area (TPSA) is 82.5 Å². The van der Waals surface area contributed by atoms with Crippen LogP contribution in [0.15, 0.2) is 24.1 Å². The van der Waals surface area contributed by atoms with E-state index in [2.05, 4.69) is 19.9 Å². The van der Waals surface area contributed by atoms with Crippen molar-refractivity contribution in [3.05, 3.63) is 34.7 Å². The lowest BCUT2D eigenvalue weighted by molar-refractivity contribution is -0.0000241. The van der Waals surface area contributed by atoms with Gasteiger partial charge in [0.2, 0.25) is 0 Å². The monoisotopic (exact) mass is 347 g/mol. The minimum absolute atomic E-state index is 0.110. The predicted molar refractivity (Wildman–Crippen MR) is 92.2 cm³/mol. The van der Waals surface area contributed by atoms with E-state index in [1.807, 2.05) is 13.0 Å². The molecule has 0 aromatic carbocycles. The maximum absolute atomic E-state index is 12.4. The summed E-state index contributed by atoms with van der Waals surface area (Å²) in [5.74, 6) is 0.706. The van der Waals surface area contributed by atoms with Gasteiger partial charge in [-0.05, 0) is 19.8 Å². The van der Waals surface area contributed by atoms with Crippen LogP contribution in [0.4, 0.5) is 5.82 Å². The van der Waals surface area contributed by atoms with Gasteiger partial charge in [-0.15, -0.1) is 11.3 Å². The molecule has 3 heterocycles. The Labute approximate surface area is 145 Å². The zero-order valence-electron chi connectivity index (χ0n) is 13.8. The number of β-amino-alcohol motifs (C(OH)–C–C–N with tert-alkyl or cyclic N) is 1. The third-order valence-electron chi connectivity index (χ3n) is 4.19. The van der Waals surface area contributed by atoms with Gasteiger partial charge in [0.25, 0.3) is 5.91 Å². The van der Waals surface area contributed by atoms with Crippen molar-refractivity contribution >= 4 is 23.1 Å². The molecule has 1 N–H and O–H groups in total. The van der Waals surface area contributed by atoms with Crippen molar-refractivity contribution in [3.63, 3.8) is 0 Å². The maximum atomic E-state index is 12.4. The first-order valence-electron chi connectivity index (χ1n) is 7.87. The molecule has 1 fully saturated rings. The molecule has 1 aliphatic rings. The summed E-state index contributed by atoms with van der Waals surface area (Å²) in [4.78, 5) is 28.9. The number of likely N-dealkylation sites (N-methyl/N-ethyl adjacent to an activating group) is 1.